The monoisotopic (exact) mass is 308 g/mol. The van der Waals surface area contributed by atoms with E-state index in [9.17, 15) is 17.6 Å². The van der Waals surface area contributed by atoms with Gasteiger partial charge in [-0.25, -0.2) is 23.5 Å². The van der Waals surface area contributed by atoms with Crippen LogP contribution in [0.5, 0.6) is 0 Å². The summed E-state index contributed by atoms with van der Waals surface area (Å²) in [5.74, 6) is -2.41. The molecule has 2 N–H and O–H groups in total. The minimum Gasteiger partial charge on any atom is -0.294 e. The summed E-state index contributed by atoms with van der Waals surface area (Å²) in [7, 11) is -3.69. The standard InChI is InChI=1S/C9H10ClFN4O3S/c10-8-7(11)9(14-4-13-8)15-2-5(1-6(15)16)3-19(12,17)18/h4-5H,1-3H2,(H2,12,17,18). The number of carbonyl (C=O) groups is 1. The Morgan fingerprint density at radius 1 is 1.53 bits per heavy atom. The highest BCUT2D eigenvalue weighted by molar-refractivity contribution is 7.89. The van der Waals surface area contributed by atoms with Gasteiger partial charge in [-0.05, 0) is 0 Å². The molecule has 0 bridgehead atoms. The maximum atomic E-state index is 13.7. The van der Waals surface area contributed by atoms with Gasteiger partial charge < -0.3 is 0 Å². The molecular weight excluding hydrogens is 299 g/mol. The van der Waals surface area contributed by atoms with E-state index in [1.54, 1.807) is 0 Å². The molecule has 19 heavy (non-hydrogen) atoms. The van der Waals surface area contributed by atoms with E-state index < -0.39 is 32.8 Å². The Morgan fingerprint density at radius 2 is 2.21 bits per heavy atom. The van der Waals surface area contributed by atoms with Gasteiger partial charge in [0.1, 0.15) is 6.33 Å². The number of hydrogen-bond donors (Lipinski definition) is 1. The second-order valence-electron chi connectivity index (χ2n) is 4.21. The zero-order valence-electron chi connectivity index (χ0n) is 9.58. The molecule has 0 aliphatic carbocycles. The largest absolute Gasteiger partial charge is 0.294 e. The number of aromatic nitrogens is 2. The summed E-state index contributed by atoms with van der Waals surface area (Å²) in [5, 5.41) is 4.52. The van der Waals surface area contributed by atoms with Crippen LogP contribution in [-0.2, 0) is 14.8 Å². The molecule has 104 valence electrons. The third-order valence-electron chi connectivity index (χ3n) is 2.66. The number of carbonyl (C=O) groups excluding carboxylic acids is 1. The molecule has 7 nitrogen and oxygen atoms in total. The summed E-state index contributed by atoms with van der Waals surface area (Å²) in [6.45, 7) is 0.0273. The predicted octanol–water partition coefficient (Wildman–Crippen LogP) is -0.0895. The minimum absolute atomic E-state index is 0.0273. The van der Waals surface area contributed by atoms with Crippen molar-refractivity contribution in [3.63, 3.8) is 0 Å². The molecule has 0 aromatic carbocycles. The van der Waals surface area contributed by atoms with Crippen molar-refractivity contribution in [3.8, 4) is 0 Å². The predicted molar refractivity (Wildman–Crippen MR) is 65.4 cm³/mol. The number of anilines is 1. The van der Waals surface area contributed by atoms with Crippen molar-refractivity contribution in [2.24, 2.45) is 11.1 Å². The Hall–Kier alpha value is -1.32. The third-order valence-corrected chi connectivity index (χ3v) is 3.86. The Labute approximate surface area is 113 Å². The van der Waals surface area contributed by atoms with Gasteiger partial charge in [0.25, 0.3) is 0 Å². The Bertz CT molecular complexity index is 624. The van der Waals surface area contributed by atoms with Gasteiger partial charge in [0.15, 0.2) is 11.0 Å². The number of amides is 1. The molecule has 1 atom stereocenters. The van der Waals surface area contributed by atoms with E-state index in [0.717, 1.165) is 11.2 Å². The van der Waals surface area contributed by atoms with Crippen LogP contribution < -0.4 is 10.0 Å². The van der Waals surface area contributed by atoms with Crippen LogP contribution in [0, 0.1) is 11.7 Å². The highest BCUT2D eigenvalue weighted by Crippen LogP contribution is 2.28. The van der Waals surface area contributed by atoms with Gasteiger partial charge in [-0.3, -0.25) is 9.69 Å². The average Bonchev–Trinajstić information content (AvgIpc) is 2.61. The number of nitrogens with two attached hydrogens (primary N) is 1. The first kappa shape index (κ1) is 14.1. The number of sulfonamides is 1. The molecular formula is C9H10ClFN4O3S. The molecule has 1 aliphatic rings. The van der Waals surface area contributed by atoms with Crippen LogP contribution in [-0.4, -0.2) is 36.6 Å². The normalized spacial score (nSPS) is 20.1. The van der Waals surface area contributed by atoms with Gasteiger partial charge in [-0.2, -0.15) is 4.39 Å². The molecule has 0 radical (unpaired) electrons. The molecule has 1 unspecified atom stereocenters. The number of halogens is 2. The molecule has 2 heterocycles. The van der Waals surface area contributed by atoms with Gasteiger partial charge in [0, 0.05) is 18.9 Å². The fourth-order valence-corrected chi connectivity index (χ4v) is 2.96. The van der Waals surface area contributed by atoms with Gasteiger partial charge >= 0.3 is 0 Å². The molecule has 1 aromatic heterocycles. The summed E-state index contributed by atoms with van der Waals surface area (Å²) in [5.41, 5.74) is 0. The van der Waals surface area contributed by atoms with Crippen molar-refractivity contribution in [2.75, 3.05) is 17.2 Å². The Morgan fingerprint density at radius 3 is 2.84 bits per heavy atom. The van der Waals surface area contributed by atoms with Crippen LogP contribution >= 0.6 is 11.6 Å². The summed E-state index contributed by atoms with van der Waals surface area (Å²) in [6.07, 6.45) is 0.999. The maximum absolute atomic E-state index is 13.7. The summed E-state index contributed by atoms with van der Waals surface area (Å²) in [4.78, 5) is 19.9. The second kappa shape index (κ2) is 4.99. The Balaban J connectivity index is 2.23. The summed E-state index contributed by atoms with van der Waals surface area (Å²) < 4.78 is 35.7. The van der Waals surface area contributed by atoms with Crippen LogP contribution in [0.25, 0.3) is 0 Å². The SMILES string of the molecule is NS(=O)(=O)CC1CC(=O)N(c2ncnc(Cl)c2F)C1. The number of nitrogens with zero attached hydrogens (tertiary/aromatic N) is 3. The zero-order valence-corrected chi connectivity index (χ0v) is 11.2. The fourth-order valence-electron chi connectivity index (χ4n) is 1.95. The van der Waals surface area contributed by atoms with Crippen LogP contribution in [0.1, 0.15) is 6.42 Å². The van der Waals surface area contributed by atoms with E-state index in [-0.39, 0.29) is 24.5 Å². The molecule has 2 rings (SSSR count). The molecule has 1 aliphatic heterocycles. The average molecular weight is 309 g/mol. The van der Waals surface area contributed by atoms with Crippen LogP contribution in [0.3, 0.4) is 0 Å². The van der Waals surface area contributed by atoms with E-state index in [0.29, 0.717) is 0 Å². The van der Waals surface area contributed by atoms with Gasteiger partial charge in [-0.1, -0.05) is 11.6 Å². The van der Waals surface area contributed by atoms with Gasteiger partial charge in [0.05, 0.1) is 5.75 Å². The van der Waals surface area contributed by atoms with E-state index in [1.807, 2.05) is 0 Å². The summed E-state index contributed by atoms with van der Waals surface area (Å²) >= 11 is 5.50. The van der Waals surface area contributed by atoms with Gasteiger partial charge in [0.2, 0.25) is 21.7 Å². The smallest absolute Gasteiger partial charge is 0.228 e. The minimum atomic E-state index is -3.69. The topological polar surface area (TPSA) is 106 Å². The lowest BCUT2D eigenvalue weighted by Crippen LogP contribution is -2.29. The van der Waals surface area contributed by atoms with Crippen LogP contribution in [0.15, 0.2) is 6.33 Å². The molecule has 10 heteroatoms. The van der Waals surface area contributed by atoms with Crippen molar-refractivity contribution in [2.45, 2.75) is 6.42 Å². The van der Waals surface area contributed by atoms with E-state index in [2.05, 4.69) is 9.97 Å². The lowest BCUT2D eigenvalue weighted by molar-refractivity contribution is -0.117. The van der Waals surface area contributed by atoms with Gasteiger partial charge in [-0.15, -0.1) is 0 Å². The maximum Gasteiger partial charge on any atom is 0.228 e. The van der Waals surface area contributed by atoms with Crippen LogP contribution in [0.4, 0.5) is 10.2 Å². The molecule has 1 saturated heterocycles. The first-order valence-corrected chi connectivity index (χ1v) is 7.34. The molecule has 1 fully saturated rings. The highest BCUT2D eigenvalue weighted by atomic mass is 35.5. The third kappa shape index (κ3) is 3.17. The quantitative estimate of drug-likeness (QED) is 0.785. The second-order valence-corrected chi connectivity index (χ2v) is 6.22. The van der Waals surface area contributed by atoms with E-state index >= 15 is 0 Å². The highest BCUT2D eigenvalue weighted by Gasteiger charge is 2.35. The van der Waals surface area contributed by atoms with Crippen molar-refractivity contribution in [1.82, 2.24) is 9.97 Å². The molecule has 1 aromatic rings. The molecule has 1 amide bonds. The first-order chi connectivity index (χ1) is 8.78. The van der Waals surface area contributed by atoms with Crippen molar-refractivity contribution < 1.29 is 17.6 Å². The van der Waals surface area contributed by atoms with E-state index in [1.165, 1.54) is 0 Å². The zero-order chi connectivity index (χ0) is 14.2. The van der Waals surface area contributed by atoms with Crippen LogP contribution in [0.2, 0.25) is 5.15 Å². The van der Waals surface area contributed by atoms with Crippen molar-refractivity contribution in [3.05, 3.63) is 17.3 Å². The van der Waals surface area contributed by atoms with Crippen molar-refractivity contribution >= 4 is 33.3 Å². The summed E-state index contributed by atoms with van der Waals surface area (Å²) in [6, 6.07) is 0. The van der Waals surface area contributed by atoms with E-state index in [4.69, 9.17) is 16.7 Å². The molecule has 0 saturated carbocycles. The first-order valence-electron chi connectivity index (χ1n) is 5.25. The molecule has 0 spiro atoms. The van der Waals surface area contributed by atoms with Crippen molar-refractivity contribution in [1.29, 1.82) is 0 Å². The lowest BCUT2D eigenvalue weighted by Gasteiger charge is -2.15. The number of hydrogen-bond acceptors (Lipinski definition) is 5. The fraction of sp³-hybridized carbons (Fsp3) is 0.444. The Kier molecular flexibility index (Phi) is 3.70. The number of primary sulfonamides is 1. The lowest BCUT2D eigenvalue weighted by atomic mass is 10.1. The number of rotatable bonds is 3.